The van der Waals surface area contributed by atoms with E-state index in [2.05, 4.69) is 10.2 Å². The lowest BCUT2D eigenvalue weighted by atomic mass is 10.2. The molecule has 1 aromatic rings. The molecule has 5 nitrogen and oxygen atoms in total. The van der Waals surface area contributed by atoms with Gasteiger partial charge in [0.05, 0.1) is 5.69 Å². The van der Waals surface area contributed by atoms with Crippen molar-refractivity contribution < 1.29 is 18.4 Å². The maximum Gasteiger partial charge on any atom is 0.225 e. The molecule has 0 radical (unpaired) electrons. The van der Waals surface area contributed by atoms with Crippen LogP contribution < -0.4 is 5.32 Å². The monoisotopic (exact) mass is 297 g/mol. The van der Waals surface area contributed by atoms with Gasteiger partial charge in [-0.25, -0.2) is 8.78 Å². The Kier molecular flexibility index (Phi) is 5.21. The summed E-state index contributed by atoms with van der Waals surface area (Å²) in [6.07, 6.45) is 1.04. The molecule has 2 amide bonds. The third-order valence-electron chi connectivity index (χ3n) is 3.42. The molecule has 7 heteroatoms. The smallest absolute Gasteiger partial charge is 0.225 e. The van der Waals surface area contributed by atoms with E-state index >= 15 is 0 Å². The number of carbonyl (C=O) groups excluding carboxylic acids is 2. The molecular weight excluding hydrogens is 280 g/mol. The maximum atomic E-state index is 13.4. The molecule has 21 heavy (non-hydrogen) atoms. The Balaban J connectivity index is 1.76. The summed E-state index contributed by atoms with van der Waals surface area (Å²) in [4.78, 5) is 26.1. The first-order valence-electron chi connectivity index (χ1n) is 6.75. The average molecular weight is 297 g/mol. The maximum absolute atomic E-state index is 13.4. The second-order valence-electron chi connectivity index (χ2n) is 4.91. The van der Waals surface area contributed by atoms with Crippen molar-refractivity contribution in [2.24, 2.45) is 0 Å². The zero-order valence-electron chi connectivity index (χ0n) is 11.5. The first kappa shape index (κ1) is 15.4. The van der Waals surface area contributed by atoms with Crippen LogP contribution in [0.4, 0.5) is 14.5 Å². The lowest BCUT2D eigenvalue weighted by molar-refractivity contribution is -0.120. The number of halogens is 2. The van der Waals surface area contributed by atoms with Crippen LogP contribution in [0.25, 0.3) is 0 Å². The summed E-state index contributed by atoms with van der Waals surface area (Å²) in [5, 5.41) is 2.42. The Labute approximate surface area is 121 Å². The van der Waals surface area contributed by atoms with E-state index in [1.165, 1.54) is 6.07 Å². The lowest BCUT2D eigenvalue weighted by Gasteiger charge is -2.32. The molecular formula is C14H17F2N3O2. The highest BCUT2D eigenvalue weighted by molar-refractivity contribution is 5.90. The number of nitrogens with one attached hydrogen (secondary N) is 1. The minimum atomic E-state index is -0.789. The van der Waals surface area contributed by atoms with Crippen molar-refractivity contribution in [3.63, 3.8) is 0 Å². The molecule has 0 saturated carbocycles. The topological polar surface area (TPSA) is 52.7 Å². The standard InChI is InChI=1S/C14H17F2N3O2/c15-11-1-2-13(12(16)9-11)17-14(21)3-4-18-5-7-19(10-20)8-6-18/h1-2,9-10H,3-8H2,(H,17,21). The first-order valence-corrected chi connectivity index (χ1v) is 6.75. The fraction of sp³-hybridized carbons (Fsp3) is 0.429. The molecule has 2 rings (SSSR count). The largest absolute Gasteiger partial charge is 0.343 e. The van der Waals surface area contributed by atoms with E-state index < -0.39 is 11.6 Å². The summed E-state index contributed by atoms with van der Waals surface area (Å²) < 4.78 is 26.1. The van der Waals surface area contributed by atoms with E-state index in [1.807, 2.05) is 0 Å². The molecule has 0 spiro atoms. The Bertz CT molecular complexity index is 517. The van der Waals surface area contributed by atoms with Crippen molar-refractivity contribution in [3.8, 4) is 0 Å². The van der Waals surface area contributed by atoms with Crippen molar-refractivity contribution in [1.82, 2.24) is 9.80 Å². The quantitative estimate of drug-likeness (QED) is 0.827. The number of anilines is 1. The van der Waals surface area contributed by atoms with E-state index in [9.17, 15) is 18.4 Å². The zero-order valence-corrected chi connectivity index (χ0v) is 11.5. The van der Waals surface area contributed by atoms with E-state index in [4.69, 9.17) is 0 Å². The molecule has 1 heterocycles. The third kappa shape index (κ3) is 4.49. The molecule has 1 aliphatic rings. The molecule has 0 aliphatic carbocycles. The molecule has 0 aromatic heterocycles. The van der Waals surface area contributed by atoms with Gasteiger partial charge in [0.25, 0.3) is 0 Å². The van der Waals surface area contributed by atoms with Crippen LogP contribution in [0, 0.1) is 11.6 Å². The van der Waals surface area contributed by atoms with Crippen LogP contribution in [0.3, 0.4) is 0 Å². The SMILES string of the molecule is O=CN1CCN(CCC(=O)Nc2ccc(F)cc2F)CC1. The van der Waals surface area contributed by atoms with Crippen LogP contribution in [0.2, 0.25) is 0 Å². The Morgan fingerprint density at radius 1 is 1.24 bits per heavy atom. The second-order valence-corrected chi connectivity index (χ2v) is 4.91. The van der Waals surface area contributed by atoms with Gasteiger partial charge in [-0.05, 0) is 12.1 Å². The average Bonchev–Trinajstić information content (AvgIpc) is 2.48. The number of hydrogen-bond donors (Lipinski definition) is 1. The number of amides is 2. The molecule has 1 aromatic carbocycles. The van der Waals surface area contributed by atoms with Crippen molar-refractivity contribution in [2.75, 3.05) is 38.0 Å². The van der Waals surface area contributed by atoms with Crippen molar-refractivity contribution in [3.05, 3.63) is 29.8 Å². The van der Waals surface area contributed by atoms with Gasteiger partial charge >= 0.3 is 0 Å². The van der Waals surface area contributed by atoms with Gasteiger partial charge in [-0.3, -0.25) is 14.5 Å². The van der Waals surface area contributed by atoms with Crippen molar-refractivity contribution >= 4 is 18.0 Å². The summed E-state index contributed by atoms with van der Waals surface area (Å²) in [6.45, 7) is 3.28. The molecule has 0 atom stereocenters. The van der Waals surface area contributed by atoms with Crippen LogP contribution in [-0.2, 0) is 9.59 Å². The molecule has 1 N–H and O–H groups in total. The number of nitrogens with zero attached hydrogens (tertiary/aromatic N) is 2. The minimum Gasteiger partial charge on any atom is -0.343 e. The molecule has 114 valence electrons. The van der Waals surface area contributed by atoms with Crippen molar-refractivity contribution in [1.29, 1.82) is 0 Å². The molecule has 1 aliphatic heterocycles. The molecule has 1 fully saturated rings. The molecule has 1 saturated heterocycles. The normalized spacial score (nSPS) is 15.8. The summed E-state index contributed by atoms with van der Waals surface area (Å²) in [7, 11) is 0. The molecule has 0 unspecified atom stereocenters. The Hall–Kier alpha value is -2.02. The predicted molar refractivity (Wildman–Crippen MR) is 73.7 cm³/mol. The number of benzene rings is 1. The van der Waals surface area contributed by atoms with Crippen LogP contribution in [0.15, 0.2) is 18.2 Å². The number of hydrogen-bond acceptors (Lipinski definition) is 3. The number of rotatable bonds is 5. The highest BCUT2D eigenvalue weighted by Gasteiger charge is 2.16. The van der Waals surface area contributed by atoms with Gasteiger partial charge in [-0.1, -0.05) is 0 Å². The van der Waals surface area contributed by atoms with Gasteiger partial charge in [0.2, 0.25) is 12.3 Å². The summed E-state index contributed by atoms with van der Waals surface area (Å²) >= 11 is 0. The van der Waals surface area contributed by atoms with Crippen molar-refractivity contribution in [2.45, 2.75) is 6.42 Å². The van der Waals surface area contributed by atoms with Crippen LogP contribution in [-0.4, -0.2) is 54.8 Å². The highest BCUT2D eigenvalue weighted by Crippen LogP contribution is 2.15. The van der Waals surface area contributed by atoms with Gasteiger partial charge in [-0.2, -0.15) is 0 Å². The summed E-state index contributed by atoms with van der Waals surface area (Å²) in [5.41, 5.74) is -0.0211. The molecule has 0 bridgehead atoms. The van der Waals surface area contributed by atoms with E-state index in [0.29, 0.717) is 19.6 Å². The fourth-order valence-electron chi connectivity index (χ4n) is 2.16. The van der Waals surface area contributed by atoms with Crippen LogP contribution in [0.5, 0.6) is 0 Å². The lowest BCUT2D eigenvalue weighted by Crippen LogP contribution is -2.46. The fourth-order valence-corrected chi connectivity index (χ4v) is 2.16. The zero-order chi connectivity index (χ0) is 15.2. The van der Waals surface area contributed by atoms with E-state index in [0.717, 1.165) is 31.6 Å². The summed E-state index contributed by atoms with van der Waals surface area (Å²) in [5.74, 6) is -1.79. The van der Waals surface area contributed by atoms with Crippen LogP contribution in [0.1, 0.15) is 6.42 Å². The summed E-state index contributed by atoms with van der Waals surface area (Å²) in [6, 6.07) is 3.02. The van der Waals surface area contributed by atoms with E-state index in [1.54, 1.807) is 4.90 Å². The minimum absolute atomic E-state index is 0.0211. The predicted octanol–water partition coefficient (Wildman–Crippen LogP) is 1.07. The number of piperazine rings is 1. The Morgan fingerprint density at radius 2 is 1.95 bits per heavy atom. The van der Waals surface area contributed by atoms with Gasteiger partial charge in [-0.15, -0.1) is 0 Å². The first-order chi connectivity index (χ1) is 10.1. The van der Waals surface area contributed by atoms with Gasteiger partial charge < -0.3 is 10.2 Å². The third-order valence-corrected chi connectivity index (χ3v) is 3.42. The Morgan fingerprint density at radius 3 is 2.57 bits per heavy atom. The van der Waals surface area contributed by atoms with E-state index in [-0.39, 0.29) is 18.0 Å². The van der Waals surface area contributed by atoms with Crippen LogP contribution >= 0.6 is 0 Å². The van der Waals surface area contributed by atoms with Gasteiger partial charge in [0, 0.05) is 45.2 Å². The van der Waals surface area contributed by atoms with Gasteiger partial charge in [0.15, 0.2) is 0 Å². The van der Waals surface area contributed by atoms with Gasteiger partial charge in [0.1, 0.15) is 11.6 Å². The number of carbonyl (C=O) groups is 2. The second kappa shape index (κ2) is 7.12. The highest BCUT2D eigenvalue weighted by atomic mass is 19.1.